The number of carbonyl (C=O) groups is 1. The number of nitrogens with two attached hydrogens (primary N) is 1. The SMILES string of the molecule is CC(Cc1cc(C(C)(C)C)on1)(SCC1CCCO1)C(N)=O. The zero-order valence-corrected chi connectivity index (χ0v) is 14.7. The molecule has 1 fully saturated rings. The third kappa shape index (κ3) is 4.26. The van der Waals surface area contributed by atoms with Crippen LogP contribution in [0.4, 0.5) is 0 Å². The van der Waals surface area contributed by atoms with E-state index in [1.807, 2.05) is 13.0 Å². The van der Waals surface area contributed by atoms with E-state index in [0.29, 0.717) is 6.42 Å². The Bertz CT molecular complexity index is 518. The summed E-state index contributed by atoms with van der Waals surface area (Å²) in [5, 5.41) is 4.10. The second kappa shape index (κ2) is 6.62. The van der Waals surface area contributed by atoms with Gasteiger partial charge in [-0.3, -0.25) is 4.79 Å². The number of ether oxygens (including phenoxy) is 1. The maximum atomic E-state index is 11.9. The summed E-state index contributed by atoms with van der Waals surface area (Å²) in [6.45, 7) is 8.89. The molecule has 1 aromatic heterocycles. The number of rotatable bonds is 6. The Labute approximate surface area is 136 Å². The Balaban J connectivity index is 2.03. The summed E-state index contributed by atoms with van der Waals surface area (Å²) in [4.78, 5) is 11.9. The highest BCUT2D eigenvalue weighted by atomic mass is 32.2. The van der Waals surface area contributed by atoms with Crippen LogP contribution in [0.25, 0.3) is 0 Å². The van der Waals surface area contributed by atoms with Crippen molar-refractivity contribution in [1.82, 2.24) is 5.16 Å². The van der Waals surface area contributed by atoms with Crippen LogP contribution in [-0.4, -0.2) is 34.3 Å². The fraction of sp³-hybridized carbons (Fsp3) is 0.750. The molecule has 124 valence electrons. The van der Waals surface area contributed by atoms with Crippen LogP contribution in [0.5, 0.6) is 0 Å². The summed E-state index contributed by atoms with van der Waals surface area (Å²) in [6.07, 6.45) is 2.85. The van der Waals surface area contributed by atoms with E-state index in [2.05, 4.69) is 25.9 Å². The maximum absolute atomic E-state index is 11.9. The zero-order valence-electron chi connectivity index (χ0n) is 13.8. The molecule has 0 saturated carbocycles. The summed E-state index contributed by atoms with van der Waals surface area (Å²) in [6, 6.07) is 1.92. The number of carbonyl (C=O) groups excluding carboxylic acids is 1. The molecule has 22 heavy (non-hydrogen) atoms. The third-order valence-corrected chi connectivity index (χ3v) is 5.47. The molecular formula is C16H26N2O3S. The van der Waals surface area contributed by atoms with Gasteiger partial charge in [-0.25, -0.2) is 0 Å². The molecule has 0 bridgehead atoms. The number of aromatic nitrogens is 1. The Kier molecular flexibility index (Phi) is 5.22. The molecule has 1 aliphatic heterocycles. The van der Waals surface area contributed by atoms with Gasteiger partial charge in [-0.05, 0) is 19.8 Å². The second-order valence-corrected chi connectivity index (χ2v) is 8.67. The number of hydrogen-bond acceptors (Lipinski definition) is 5. The first-order valence-corrected chi connectivity index (χ1v) is 8.71. The number of amides is 1. The predicted octanol–water partition coefficient (Wildman–Crippen LogP) is 2.67. The fourth-order valence-corrected chi connectivity index (χ4v) is 3.56. The minimum Gasteiger partial charge on any atom is -0.377 e. The average molecular weight is 326 g/mol. The van der Waals surface area contributed by atoms with Crippen molar-refractivity contribution in [1.29, 1.82) is 0 Å². The number of thioether (sulfide) groups is 1. The first-order valence-electron chi connectivity index (χ1n) is 7.72. The van der Waals surface area contributed by atoms with Gasteiger partial charge in [0.2, 0.25) is 5.91 Å². The first kappa shape index (κ1) is 17.3. The summed E-state index contributed by atoms with van der Waals surface area (Å²) >= 11 is 1.56. The van der Waals surface area contributed by atoms with E-state index in [1.54, 1.807) is 11.8 Å². The fourth-order valence-electron chi connectivity index (χ4n) is 2.36. The van der Waals surface area contributed by atoms with E-state index in [0.717, 1.165) is 36.7 Å². The van der Waals surface area contributed by atoms with E-state index < -0.39 is 4.75 Å². The van der Waals surface area contributed by atoms with E-state index in [4.69, 9.17) is 15.0 Å². The summed E-state index contributed by atoms with van der Waals surface area (Å²) < 4.78 is 10.3. The quantitative estimate of drug-likeness (QED) is 0.869. The molecule has 0 aliphatic carbocycles. The molecule has 2 atom stereocenters. The van der Waals surface area contributed by atoms with Gasteiger partial charge in [-0.2, -0.15) is 0 Å². The number of hydrogen-bond donors (Lipinski definition) is 1. The maximum Gasteiger partial charge on any atom is 0.233 e. The largest absolute Gasteiger partial charge is 0.377 e. The van der Waals surface area contributed by atoms with Crippen LogP contribution in [0, 0.1) is 0 Å². The van der Waals surface area contributed by atoms with Gasteiger partial charge in [0, 0.05) is 30.3 Å². The molecule has 0 aromatic carbocycles. The van der Waals surface area contributed by atoms with Gasteiger partial charge in [0.15, 0.2) is 0 Å². The Morgan fingerprint density at radius 3 is 2.68 bits per heavy atom. The Morgan fingerprint density at radius 2 is 2.18 bits per heavy atom. The average Bonchev–Trinajstić information content (AvgIpc) is 3.06. The highest BCUT2D eigenvalue weighted by Crippen LogP contribution is 2.32. The topological polar surface area (TPSA) is 78.3 Å². The second-order valence-electron chi connectivity index (χ2n) is 7.15. The molecule has 1 aromatic rings. The van der Waals surface area contributed by atoms with Gasteiger partial charge in [-0.1, -0.05) is 25.9 Å². The van der Waals surface area contributed by atoms with Crippen molar-refractivity contribution < 1.29 is 14.1 Å². The lowest BCUT2D eigenvalue weighted by atomic mass is 9.92. The summed E-state index contributed by atoms with van der Waals surface area (Å²) in [7, 11) is 0. The van der Waals surface area contributed by atoms with Gasteiger partial charge in [0.1, 0.15) is 5.76 Å². The molecule has 0 radical (unpaired) electrons. The van der Waals surface area contributed by atoms with Crippen molar-refractivity contribution in [3.05, 3.63) is 17.5 Å². The van der Waals surface area contributed by atoms with Crippen LogP contribution in [0.1, 0.15) is 52.0 Å². The number of primary amides is 1. The molecule has 0 spiro atoms. The lowest BCUT2D eigenvalue weighted by Gasteiger charge is -2.25. The predicted molar refractivity (Wildman–Crippen MR) is 87.9 cm³/mol. The Morgan fingerprint density at radius 1 is 1.45 bits per heavy atom. The van der Waals surface area contributed by atoms with E-state index in [1.165, 1.54) is 0 Å². The van der Waals surface area contributed by atoms with Gasteiger partial charge in [-0.15, -0.1) is 11.8 Å². The minimum atomic E-state index is -0.696. The van der Waals surface area contributed by atoms with E-state index >= 15 is 0 Å². The van der Waals surface area contributed by atoms with Crippen LogP contribution in [0.3, 0.4) is 0 Å². The molecule has 2 N–H and O–H groups in total. The highest BCUT2D eigenvalue weighted by molar-refractivity contribution is 8.01. The van der Waals surface area contributed by atoms with Crippen LogP contribution >= 0.6 is 11.8 Å². The lowest BCUT2D eigenvalue weighted by molar-refractivity contribution is -0.119. The normalized spacial score (nSPS) is 21.7. The lowest BCUT2D eigenvalue weighted by Crippen LogP contribution is -2.41. The monoisotopic (exact) mass is 326 g/mol. The Hall–Kier alpha value is -1.01. The highest BCUT2D eigenvalue weighted by Gasteiger charge is 2.35. The standard InChI is InChI=1S/C16H26N2O3S/c1-15(2,3)13-8-11(18-21-13)9-16(4,14(17)19)22-10-12-6-5-7-20-12/h8,12H,5-7,9-10H2,1-4H3,(H2,17,19). The third-order valence-electron chi connectivity index (χ3n) is 3.95. The van der Waals surface area contributed by atoms with E-state index in [9.17, 15) is 4.79 Å². The van der Waals surface area contributed by atoms with Crippen molar-refractivity contribution in [3.63, 3.8) is 0 Å². The molecule has 2 unspecified atom stereocenters. The van der Waals surface area contributed by atoms with Crippen molar-refractivity contribution >= 4 is 17.7 Å². The van der Waals surface area contributed by atoms with Crippen LogP contribution < -0.4 is 5.73 Å². The molecule has 1 aliphatic rings. The number of nitrogens with zero attached hydrogens (tertiary/aromatic N) is 1. The minimum absolute atomic E-state index is 0.0980. The van der Waals surface area contributed by atoms with Gasteiger partial charge < -0.3 is 15.0 Å². The van der Waals surface area contributed by atoms with Gasteiger partial charge >= 0.3 is 0 Å². The van der Waals surface area contributed by atoms with Crippen molar-refractivity contribution in [2.45, 2.75) is 63.2 Å². The smallest absolute Gasteiger partial charge is 0.233 e. The molecule has 6 heteroatoms. The van der Waals surface area contributed by atoms with E-state index in [-0.39, 0.29) is 17.4 Å². The molecule has 1 saturated heterocycles. The van der Waals surface area contributed by atoms with Crippen LogP contribution in [0.15, 0.2) is 10.6 Å². The van der Waals surface area contributed by atoms with Gasteiger partial charge in [0.25, 0.3) is 0 Å². The van der Waals surface area contributed by atoms with Crippen molar-refractivity contribution in [2.75, 3.05) is 12.4 Å². The van der Waals surface area contributed by atoms with Crippen LogP contribution in [-0.2, 0) is 21.4 Å². The van der Waals surface area contributed by atoms with Gasteiger partial charge in [0.05, 0.1) is 16.5 Å². The van der Waals surface area contributed by atoms with Crippen LogP contribution in [0.2, 0.25) is 0 Å². The van der Waals surface area contributed by atoms with Crippen molar-refractivity contribution in [2.24, 2.45) is 5.73 Å². The molecule has 2 rings (SSSR count). The molecular weight excluding hydrogens is 300 g/mol. The molecule has 5 nitrogen and oxygen atoms in total. The first-order chi connectivity index (χ1) is 10.2. The zero-order chi connectivity index (χ0) is 16.4. The molecule has 2 heterocycles. The van der Waals surface area contributed by atoms with Crippen molar-refractivity contribution in [3.8, 4) is 0 Å². The molecule has 1 amide bonds. The summed E-state index contributed by atoms with van der Waals surface area (Å²) in [5.74, 6) is 1.28. The summed E-state index contributed by atoms with van der Waals surface area (Å²) in [5.41, 5.74) is 6.31.